The molecule has 0 aliphatic carbocycles. The average Bonchev–Trinajstić information content (AvgIpc) is 2.70. The highest BCUT2D eigenvalue weighted by Crippen LogP contribution is 2.21. The number of thioether (sulfide) groups is 1. The standard InChI is InChI=1S/C23H27F3N2O4S/c1-22(2,3)28-21(31)32-18(9-6-12-33-14-19(29)23(24,25)26)20(30)27-17-11-10-15-7-4-5-8-16(15)13-17/h4-5,7-8,10-11,13,18H,6,9,12,14H2,1-3H3,(H,27,30)(H,28,31)/t18-/m0/s1. The summed E-state index contributed by atoms with van der Waals surface area (Å²) in [5.41, 5.74) is -0.0572. The van der Waals surface area contributed by atoms with E-state index in [4.69, 9.17) is 4.74 Å². The fourth-order valence-corrected chi connectivity index (χ4v) is 3.68. The lowest BCUT2D eigenvalue weighted by Crippen LogP contribution is -2.44. The summed E-state index contributed by atoms with van der Waals surface area (Å²) in [5.74, 6) is -2.85. The fourth-order valence-electron chi connectivity index (χ4n) is 2.82. The Hall–Kier alpha value is -2.75. The van der Waals surface area contributed by atoms with Crippen molar-refractivity contribution in [3.63, 3.8) is 0 Å². The first-order valence-corrected chi connectivity index (χ1v) is 11.5. The first-order valence-electron chi connectivity index (χ1n) is 10.3. The molecule has 0 saturated heterocycles. The molecule has 2 N–H and O–H groups in total. The van der Waals surface area contributed by atoms with Gasteiger partial charge in [0, 0.05) is 11.2 Å². The minimum absolute atomic E-state index is 0.0875. The minimum atomic E-state index is -4.86. The van der Waals surface area contributed by atoms with Crippen LogP contribution >= 0.6 is 11.8 Å². The molecule has 2 rings (SSSR count). The van der Waals surface area contributed by atoms with Gasteiger partial charge in [0.15, 0.2) is 6.10 Å². The second kappa shape index (κ2) is 11.4. The molecule has 0 aromatic heterocycles. The van der Waals surface area contributed by atoms with Crippen molar-refractivity contribution < 1.29 is 32.3 Å². The summed E-state index contributed by atoms with van der Waals surface area (Å²) >= 11 is 0.819. The van der Waals surface area contributed by atoms with Crippen LogP contribution < -0.4 is 10.6 Å². The Labute approximate surface area is 194 Å². The SMILES string of the molecule is CC(C)(C)NC(=O)O[C@@H](CCCSCC(=O)C(F)(F)F)C(=O)Nc1ccc2ccccc2c1. The van der Waals surface area contributed by atoms with Crippen LogP contribution in [0.4, 0.5) is 23.7 Å². The molecule has 2 aromatic rings. The average molecular weight is 485 g/mol. The summed E-state index contributed by atoms with van der Waals surface area (Å²) in [5, 5.41) is 7.26. The molecule has 0 bridgehead atoms. The molecule has 2 aromatic carbocycles. The summed E-state index contributed by atoms with van der Waals surface area (Å²) in [6, 6.07) is 13.0. The summed E-state index contributed by atoms with van der Waals surface area (Å²) < 4.78 is 42.2. The topological polar surface area (TPSA) is 84.5 Å². The molecule has 6 nitrogen and oxygen atoms in total. The number of amides is 2. The van der Waals surface area contributed by atoms with Crippen LogP contribution in [0.1, 0.15) is 33.6 Å². The van der Waals surface area contributed by atoms with Crippen molar-refractivity contribution in [3.05, 3.63) is 42.5 Å². The van der Waals surface area contributed by atoms with Gasteiger partial charge in [-0.1, -0.05) is 30.3 Å². The van der Waals surface area contributed by atoms with Gasteiger partial charge in [-0.25, -0.2) is 4.79 Å². The number of fused-ring (bicyclic) bond motifs is 1. The van der Waals surface area contributed by atoms with Gasteiger partial charge < -0.3 is 15.4 Å². The van der Waals surface area contributed by atoms with E-state index in [1.54, 1.807) is 32.9 Å². The largest absolute Gasteiger partial charge is 0.450 e. The molecule has 0 saturated carbocycles. The fraction of sp³-hybridized carbons (Fsp3) is 0.435. The predicted octanol–water partition coefficient (Wildman–Crippen LogP) is 5.32. The quantitative estimate of drug-likeness (QED) is 0.471. The van der Waals surface area contributed by atoms with E-state index in [1.165, 1.54) is 0 Å². The van der Waals surface area contributed by atoms with E-state index < -0.39 is 41.4 Å². The number of halogens is 3. The number of rotatable bonds is 9. The molecular weight excluding hydrogens is 457 g/mol. The summed E-state index contributed by atoms with van der Waals surface area (Å²) in [6.07, 6.45) is -6.43. The highest BCUT2D eigenvalue weighted by molar-refractivity contribution is 7.99. The van der Waals surface area contributed by atoms with Crippen molar-refractivity contribution >= 4 is 46.0 Å². The zero-order valence-electron chi connectivity index (χ0n) is 18.6. The van der Waals surface area contributed by atoms with E-state index in [-0.39, 0.29) is 18.6 Å². The zero-order chi connectivity index (χ0) is 24.6. The van der Waals surface area contributed by atoms with E-state index >= 15 is 0 Å². The van der Waals surface area contributed by atoms with E-state index in [1.807, 2.05) is 30.3 Å². The third kappa shape index (κ3) is 9.33. The molecule has 0 unspecified atom stereocenters. The Bertz CT molecular complexity index is 990. The van der Waals surface area contributed by atoms with E-state index in [0.717, 1.165) is 22.5 Å². The number of nitrogens with one attached hydrogen (secondary N) is 2. The van der Waals surface area contributed by atoms with Crippen molar-refractivity contribution in [1.29, 1.82) is 0 Å². The Balaban J connectivity index is 1.99. The molecule has 0 fully saturated rings. The number of benzene rings is 2. The van der Waals surface area contributed by atoms with Gasteiger partial charge in [-0.05, 0) is 62.3 Å². The molecule has 0 aliphatic heterocycles. The van der Waals surface area contributed by atoms with Crippen LogP contribution in [0.3, 0.4) is 0 Å². The summed E-state index contributed by atoms with van der Waals surface area (Å²) in [7, 11) is 0. The van der Waals surface area contributed by atoms with Crippen LogP contribution in [-0.4, -0.2) is 47.1 Å². The van der Waals surface area contributed by atoms with E-state index in [2.05, 4.69) is 10.6 Å². The second-order valence-corrected chi connectivity index (χ2v) is 9.54. The number of anilines is 1. The minimum Gasteiger partial charge on any atom is -0.436 e. The van der Waals surface area contributed by atoms with Crippen molar-refractivity contribution in [1.82, 2.24) is 5.32 Å². The van der Waals surface area contributed by atoms with Gasteiger partial charge in [-0.15, -0.1) is 0 Å². The second-order valence-electron chi connectivity index (χ2n) is 8.44. The van der Waals surface area contributed by atoms with Crippen LogP contribution in [0.25, 0.3) is 10.8 Å². The highest BCUT2D eigenvalue weighted by Gasteiger charge is 2.37. The van der Waals surface area contributed by atoms with E-state index in [0.29, 0.717) is 5.69 Å². The van der Waals surface area contributed by atoms with Gasteiger partial charge in [0.25, 0.3) is 5.91 Å². The van der Waals surface area contributed by atoms with Gasteiger partial charge in [0.05, 0.1) is 5.75 Å². The molecule has 0 radical (unpaired) electrons. The van der Waals surface area contributed by atoms with Gasteiger partial charge in [0.2, 0.25) is 5.78 Å². The third-order valence-electron chi connectivity index (χ3n) is 4.34. The van der Waals surface area contributed by atoms with Crippen LogP contribution in [0.5, 0.6) is 0 Å². The molecule has 0 spiro atoms. The summed E-state index contributed by atoms with van der Waals surface area (Å²) in [6.45, 7) is 5.27. The van der Waals surface area contributed by atoms with Gasteiger partial charge in [0.1, 0.15) is 0 Å². The maximum atomic E-state index is 12.8. The number of Topliss-reactive ketones (excluding diaryl/α,β-unsaturated/α-hetero) is 1. The molecule has 2 amide bonds. The van der Waals surface area contributed by atoms with E-state index in [9.17, 15) is 27.6 Å². The number of alkyl halides is 3. The van der Waals surface area contributed by atoms with Crippen LogP contribution in [0, 0.1) is 0 Å². The molecule has 10 heteroatoms. The lowest BCUT2D eigenvalue weighted by molar-refractivity contribution is -0.167. The zero-order valence-corrected chi connectivity index (χ0v) is 19.4. The summed E-state index contributed by atoms with van der Waals surface area (Å²) in [4.78, 5) is 36.0. The molecule has 1 atom stereocenters. The normalized spacial score (nSPS) is 12.8. The van der Waals surface area contributed by atoms with Crippen LogP contribution in [-0.2, 0) is 14.3 Å². The smallest absolute Gasteiger partial charge is 0.436 e. The number of carbonyl (C=O) groups is 3. The molecular formula is C23H27F3N2O4S. The first-order chi connectivity index (χ1) is 15.3. The molecule has 0 heterocycles. The number of hydrogen-bond donors (Lipinski definition) is 2. The van der Waals surface area contributed by atoms with Gasteiger partial charge >= 0.3 is 12.3 Å². The van der Waals surface area contributed by atoms with Crippen molar-refractivity contribution in [3.8, 4) is 0 Å². The first kappa shape index (κ1) is 26.5. The predicted molar refractivity (Wildman–Crippen MR) is 123 cm³/mol. The number of hydrogen-bond acceptors (Lipinski definition) is 5. The third-order valence-corrected chi connectivity index (χ3v) is 5.38. The molecule has 33 heavy (non-hydrogen) atoms. The van der Waals surface area contributed by atoms with Crippen LogP contribution in [0.2, 0.25) is 0 Å². The number of ether oxygens (including phenoxy) is 1. The number of ketones is 1. The maximum absolute atomic E-state index is 12.8. The Morgan fingerprint density at radius 1 is 1.03 bits per heavy atom. The van der Waals surface area contributed by atoms with Crippen molar-refractivity contribution in [2.75, 3.05) is 16.8 Å². The monoisotopic (exact) mass is 484 g/mol. The lowest BCUT2D eigenvalue weighted by Gasteiger charge is -2.23. The Morgan fingerprint density at radius 2 is 1.70 bits per heavy atom. The highest BCUT2D eigenvalue weighted by atomic mass is 32.2. The van der Waals surface area contributed by atoms with Crippen molar-refractivity contribution in [2.45, 2.75) is 51.4 Å². The Morgan fingerprint density at radius 3 is 2.33 bits per heavy atom. The van der Waals surface area contributed by atoms with Crippen molar-refractivity contribution in [2.24, 2.45) is 0 Å². The molecule has 180 valence electrons. The van der Waals surface area contributed by atoms with Gasteiger partial charge in [-0.3, -0.25) is 9.59 Å². The Kier molecular flexibility index (Phi) is 9.16. The van der Waals surface area contributed by atoms with Gasteiger partial charge in [-0.2, -0.15) is 24.9 Å². The van der Waals surface area contributed by atoms with Crippen LogP contribution in [0.15, 0.2) is 42.5 Å². The molecule has 0 aliphatic rings. The number of alkyl carbamates (subject to hydrolysis) is 1. The number of carbonyl (C=O) groups excluding carboxylic acids is 3. The lowest BCUT2D eigenvalue weighted by atomic mass is 10.1. The maximum Gasteiger partial charge on any atom is 0.450 e.